The molecule has 0 N–H and O–H groups in total. The van der Waals surface area contributed by atoms with Crippen LogP contribution in [0.5, 0.6) is 0 Å². The van der Waals surface area contributed by atoms with Crippen LogP contribution in [-0.2, 0) is 0 Å². The molecule has 0 aliphatic heterocycles. The quantitative estimate of drug-likeness (QED) is 0.181. The highest BCUT2D eigenvalue weighted by atomic mass is 16.3. The van der Waals surface area contributed by atoms with Gasteiger partial charge in [0.2, 0.25) is 0 Å². The van der Waals surface area contributed by atoms with Gasteiger partial charge in [-0.1, -0.05) is 91.0 Å². The Balaban J connectivity index is 1.47. The minimum atomic E-state index is 0.950. The maximum absolute atomic E-state index is 6.30. The van der Waals surface area contributed by atoms with Gasteiger partial charge in [0.05, 0.1) is 6.26 Å². The summed E-state index contributed by atoms with van der Waals surface area (Å²) in [5.74, 6) is 0. The van der Waals surface area contributed by atoms with Crippen LogP contribution in [-0.4, -0.2) is 0 Å². The Morgan fingerprint density at radius 3 is 1.97 bits per heavy atom. The van der Waals surface area contributed by atoms with Gasteiger partial charge < -0.3 is 4.42 Å². The average molecular weight is 445 g/mol. The second-order valence-corrected chi connectivity index (χ2v) is 9.36. The Hall–Kier alpha value is -4.62. The van der Waals surface area contributed by atoms with Crippen molar-refractivity contribution >= 4 is 64.8 Å². The van der Waals surface area contributed by atoms with Crippen LogP contribution in [0.2, 0.25) is 0 Å². The smallest absolute Gasteiger partial charge is 0.142 e. The molecule has 7 aromatic carbocycles. The van der Waals surface area contributed by atoms with Gasteiger partial charge in [0.25, 0.3) is 0 Å². The van der Waals surface area contributed by atoms with Crippen LogP contribution < -0.4 is 0 Å². The van der Waals surface area contributed by atoms with Gasteiger partial charge in [-0.2, -0.15) is 0 Å². The van der Waals surface area contributed by atoms with Crippen molar-refractivity contribution in [1.29, 1.82) is 0 Å². The summed E-state index contributed by atoms with van der Waals surface area (Å²) >= 11 is 0. The van der Waals surface area contributed by atoms with Crippen molar-refractivity contribution in [1.82, 2.24) is 0 Å². The van der Waals surface area contributed by atoms with Gasteiger partial charge in [0.1, 0.15) is 5.58 Å². The van der Waals surface area contributed by atoms with E-state index in [4.69, 9.17) is 4.42 Å². The minimum absolute atomic E-state index is 0.950. The van der Waals surface area contributed by atoms with Crippen molar-refractivity contribution in [3.63, 3.8) is 0 Å². The molecule has 0 saturated heterocycles. The number of benzene rings is 7. The number of furan rings is 1. The van der Waals surface area contributed by atoms with E-state index in [9.17, 15) is 0 Å². The predicted molar refractivity (Wildman–Crippen MR) is 149 cm³/mol. The maximum Gasteiger partial charge on any atom is 0.142 e. The molecular formula is C34H20O. The zero-order valence-electron chi connectivity index (χ0n) is 19.0. The van der Waals surface area contributed by atoms with Gasteiger partial charge in [-0.3, -0.25) is 0 Å². The molecule has 0 unspecified atom stereocenters. The van der Waals surface area contributed by atoms with Gasteiger partial charge in [0.15, 0.2) is 0 Å². The first kappa shape index (κ1) is 18.8. The summed E-state index contributed by atoms with van der Waals surface area (Å²) in [5.41, 5.74) is 3.30. The fourth-order valence-corrected chi connectivity index (χ4v) is 5.82. The second kappa shape index (κ2) is 6.94. The molecule has 1 nitrogen and oxygen atoms in total. The van der Waals surface area contributed by atoms with E-state index in [0.717, 1.165) is 21.9 Å². The third-order valence-electron chi connectivity index (χ3n) is 7.48. The van der Waals surface area contributed by atoms with Crippen LogP contribution in [0.25, 0.3) is 76.0 Å². The summed E-state index contributed by atoms with van der Waals surface area (Å²) in [6, 6.07) is 41.7. The van der Waals surface area contributed by atoms with Gasteiger partial charge in [-0.25, -0.2) is 0 Å². The first-order chi connectivity index (χ1) is 17.3. The number of fused-ring (bicyclic) bond motifs is 9. The maximum atomic E-state index is 6.30. The Morgan fingerprint density at radius 1 is 0.371 bits per heavy atom. The summed E-state index contributed by atoms with van der Waals surface area (Å²) in [6.45, 7) is 0. The van der Waals surface area contributed by atoms with Crippen molar-refractivity contribution in [3.05, 3.63) is 122 Å². The second-order valence-electron chi connectivity index (χ2n) is 9.36. The lowest BCUT2D eigenvalue weighted by Gasteiger charge is -2.11. The van der Waals surface area contributed by atoms with E-state index < -0.39 is 0 Å². The van der Waals surface area contributed by atoms with E-state index >= 15 is 0 Å². The largest absolute Gasteiger partial charge is 0.463 e. The topological polar surface area (TPSA) is 13.1 Å². The van der Waals surface area contributed by atoms with Gasteiger partial charge >= 0.3 is 0 Å². The monoisotopic (exact) mass is 444 g/mol. The van der Waals surface area contributed by atoms with Gasteiger partial charge in [-0.15, -0.1) is 0 Å². The normalized spacial score (nSPS) is 12.0. The Morgan fingerprint density at radius 2 is 1.06 bits per heavy atom. The summed E-state index contributed by atoms with van der Waals surface area (Å²) < 4.78 is 6.30. The lowest BCUT2D eigenvalue weighted by atomic mass is 9.91. The van der Waals surface area contributed by atoms with Crippen LogP contribution in [0, 0.1) is 0 Å². The molecule has 1 heterocycles. The zero-order valence-corrected chi connectivity index (χ0v) is 19.0. The fourth-order valence-electron chi connectivity index (χ4n) is 5.82. The van der Waals surface area contributed by atoms with Crippen LogP contribution >= 0.6 is 0 Å². The molecule has 0 radical (unpaired) electrons. The third-order valence-corrected chi connectivity index (χ3v) is 7.48. The molecule has 0 aliphatic rings. The molecule has 0 spiro atoms. The van der Waals surface area contributed by atoms with Crippen molar-refractivity contribution < 1.29 is 4.42 Å². The summed E-state index contributed by atoms with van der Waals surface area (Å²) in [7, 11) is 0. The van der Waals surface area contributed by atoms with E-state index in [1.54, 1.807) is 0 Å². The fraction of sp³-hybridized carbons (Fsp3) is 0. The average Bonchev–Trinajstić information content (AvgIpc) is 3.36. The lowest BCUT2D eigenvalue weighted by Crippen LogP contribution is -1.85. The van der Waals surface area contributed by atoms with Crippen LogP contribution in [0.3, 0.4) is 0 Å². The third kappa shape index (κ3) is 2.64. The molecule has 1 heteroatoms. The van der Waals surface area contributed by atoms with Gasteiger partial charge in [0, 0.05) is 16.3 Å². The van der Waals surface area contributed by atoms with E-state index in [1.807, 2.05) is 6.26 Å². The summed E-state index contributed by atoms with van der Waals surface area (Å²) in [5, 5.41) is 13.6. The standard InChI is InChI=1S/C34H20O/c1-2-8-24-19-31-25(18-23(24)7-1)13-12-22-9-5-11-28(33(22)31)32-20-35-34-29-15-14-21-6-3-4-10-26(21)27(29)16-17-30(32)34/h1-20H. The van der Waals surface area contributed by atoms with Crippen LogP contribution in [0.4, 0.5) is 0 Å². The molecule has 0 aliphatic carbocycles. The minimum Gasteiger partial charge on any atom is -0.463 e. The predicted octanol–water partition coefficient (Wildman–Crippen LogP) is 9.87. The van der Waals surface area contributed by atoms with Gasteiger partial charge in [-0.05, 0) is 78.3 Å². The first-order valence-corrected chi connectivity index (χ1v) is 12.0. The van der Waals surface area contributed by atoms with Crippen LogP contribution in [0.15, 0.2) is 126 Å². The Bertz CT molecular complexity index is 2110. The molecule has 8 rings (SSSR count). The number of rotatable bonds is 1. The molecule has 1 aromatic heterocycles. The molecular weight excluding hydrogens is 424 g/mol. The van der Waals surface area contributed by atoms with Crippen LogP contribution in [0.1, 0.15) is 0 Å². The van der Waals surface area contributed by atoms with E-state index in [0.29, 0.717) is 0 Å². The molecule has 35 heavy (non-hydrogen) atoms. The van der Waals surface area contributed by atoms with E-state index in [2.05, 4.69) is 115 Å². The first-order valence-electron chi connectivity index (χ1n) is 12.0. The van der Waals surface area contributed by atoms with E-state index in [1.165, 1.54) is 54.0 Å². The van der Waals surface area contributed by atoms with Crippen molar-refractivity contribution in [2.45, 2.75) is 0 Å². The molecule has 8 aromatic rings. The molecule has 0 amide bonds. The number of hydrogen-bond donors (Lipinski definition) is 0. The van der Waals surface area contributed by atoms with Crippen molar-refractivity contribution in [2.24, 2.45) is 0 Å². The Labute approximate surface area is 201 Å². The molecule has 0 fully saturated rings. The summed E-state index contributed by atoms with van der Waals surface area (Å²) in [6.07, 6.45) is 1.94. The zero-order chi connectivity index (χ0) is 22.9. The highest BCUT2D eigenvalue weighted by molar-refractivity contribution is 6.22. The van der Waals surface area contributed by atoms with Crippen molar-refractivity contribution in [2.75, 3.05) is 0 Å². The van der Waals surface area contributed by atoms with Crippen molar-refractivity contribution in [3.8, 4) is 11.1 Å². The SMILES string of the molecule is c1ccc2cc3c(ccc4cccc(-c5coc6c5ccc5c7ccccc7ccc56)c43)cc2c1. The Kier molecular flexibility index (Phi) is 3.72. The van der Waals surface area contributed by atoms with E-state index in [-0.39, 0.29) is 0 Å². The lowest BCUT2D eigenvalue weighted by molar-refractivity contribution is 0.620. The molecule has 0 atom stereocenters. The molecule has 0 bridgehead atoms. The highest BCUT2D eigenvalue weighted by Crippen LogP contribution is 2.42. The molecule has 0 saturated carbocycles. The summed E-state index contributed by atoms with van der Waals surface area (Å²) in [4.78, 5) is 0. The number of hydrogen-bond acceptors (Lipinski definition) is 1. The highest BCUT2D eigenvalue weighted by Gasteiger charge is 2.16. The molecule has 162 valence electrons.